The smallest absolute Gasteiger partial charge is 0.323 e. The van der Waals surface area contributed by atoms with E-state index in [1.54, 1.807) is 0 Å². The molecule has 4 aliphatic rings. The van der Waals surface area contributed by atoms with E-state index in [4.69, 9.17) is 5.11 Å². The SMILES string of the molecule is C[C@]12CCCCC1C[C@@H](O)C1C2CC[C@@]2(C)C1CC[C@@H]2CCCC(=O)N(CCF)CC(=O)O. The number of fused-ring (bicyclic) bond motifs is 5. The molecular formula is C27H44FNO4. The summed E-state index contributed by atoms with van der Waals surface area (Å²) in [6, 6.07) is 0. The van der Waals surface area contributed by atoms with E-state index in [1.807, 2.05) is 0 Å². The molecule has 0 aromatic rings. The number of carbonyl (C=O) groups excluding carboxylic acids is 1. The highest BCUT2D eigenvalue weighted by Gasteiger charge is 2.61. The van der Waals surface area contributed by atoms with Crippen LogP contribution in [0.2, 0.25) is 0 Å². The Kier molecular flexibility index (Phi) is 7.43. The molecule has 1 amide bonds. The quantitative estimate of drug-likeness (QED) is 0.525. The van der Waals surface area contributed by atoms with Gasteiger partial charge in [0, 0.05) is 13.0 Å². The second-order valence-corrected chi connectivity index (χ2v) is 12.2. The molecule has 4 rings (SSSR count). The first kappa shape index (κ1) is 24.9. The standard InChI is InChI=1S/C27H44FNO4/c1-26-12-4-3-6-19(26)16-22(30)25-20-10-9-18(27(20,2)13-11-21(25)26)7-5-8-23(31)29(15-14-28)17-24(32)33/h18-22,25,30H,3-17H2,1-2H3,(H,32,33)/t18-,19?,20?,21?,22+,25?,26-,27+/m0/s1. The van der Waals surface area contributed by atoms with Crippen molar-refractivity contribution in [1.29, 1.82) is 0 Å². The van der Waals surface area contributed by atoms with Gasteiger partial charge in [-0.1, -0.05) is 26.7 Å². The second kappa shape index (κ2) is 9.83. The number of rotatable bonds is 8. The van der Waals surface area contributed by atoms with Crippen LogP contribution >= 0.6 is 0 Å². The van der Waals surface area contributed by atoms with E-state index in [9.17, 15) is 19.1 Å². The first-order chi connectivity index (χ1) is 15.7. The van der Waals surface area contributed by atoms with Crippen LogP contribution in [-0.4, -0.2) is 52.9 Å². The Morgan fingerprint density at radius 2 is 1.79 bits per heavy atom. The summed E-state index contributed by atoms with van der Waals surface area (Å²) < 4.78 is 12.7. The zero-order valence-electron chi connectivity index (χ0n) is 20.6. The number of carboxylic acids is 1. The van der Waals surface area contributed by atoms with Crippen molar-refractivity contribution in [2.45, 2.75) is 97.0 Å². The fourth-order valence-corrected chi connectivity index (χ4v) is 9.05. The topological polar surface area (TPSA) is 77.8 Å². The number of halogens is 1. The number of aliphatic hydroxyl groups excluding tert-OH is 1. The normalized spacial score (nSPS) is 42.2. The average molecular weight is 466 g/mol. The molecule has 0 spiro atoms. The maximum absolute atomic E-state index is 12.7. The van der Waals surface area contributed by atoms with Crippen LogP contribution in [0.15, 0.2) is 0 Å². The highest BCUT2D eigenvalue weighted by Crippen LogP contribution is 2.67. The molecule has 8 atom stereocenters. The van der Waals surface area contributed by atoms with Gasteiger partial charge in [-0.15, -0.1) is 0 Å². The number of nitrogens with zero attached hydrogens (tertiary/aromatic N) is 1. The van der Waals surface area contributed by atoms with Crippen LogP contribution in [0.3, 0.4) is 0 Å². The third-order valence-electron chi connectivity index (χ3n) is 10.8. The van der Waals surface area contributed by atoms with Crippen molar-refractivity contribution in [3.05, 3.63) is 0 Å². The summed E-state index contributed by atoms with van der Waals surface area (Å²) >= 11 is 0. The van der Waals surface area contributed by atoms with Crippen molar-refractivity contribution >= 4 is 11.9 Å². The van der Waals surface area contributed by atoms with Gasteiger partial charge in [-0.05, 0) is 98.2 Å². The van der Waals surface area contributed by atoms with Gasteiger partial charge in [0.25, 0.3) is 0 Å². The number of amides is 1. The molecule has 6 heteroatoms. The lowest BCUT2D eigenvalue weighted by molar-refractivity contribution is -0.162. The van der Waals surface area contributed by atoms with Crippen molar-refractivity contribution in [3.63, 3.8) is 0 Å². The molecule has 4 saturated carbocycles. The molecule has 188 valence electrons. The van der Waals surface area contributed by atoms with E-state index in [2.05, 4.69) is 13.8 Å². The van der Waals surface area contributed by atoms with Gasteiger partial charge in [-0.2, -0.15) is 0 Å². The molecule has 4 unspecified atom stereocenters. The maximum atomic E-state index is 12.7. The Labute approximate surface area is 198 Å². The molecule has 0 bridgehead atoms. The van der Waals surface area contributed by atoms with E-state index in [0.717, 1.165) is 30.6 Å². The van der Waals surface area contributed by atoms with Crippen molar-refractivity contribution in [2.24, 2.45) is 40.4 Å². The van der Waals surface area contributed by atoms with Crippen molar-refractivity contribution in [2.75, 3.05) is 19.8 Å². The first-order valence-corrected chi connectivity index (χ1v) is 13.4. The van der Waals surface area contributed by atoms with E-state index >= 15 is 0 Å². The van der Waals surface area contributed by atoms with Crippen molar-refractivity contribution < 1.29 is 24.2 Å². The Morgan fingerprint density at radius 1 is 1.03 bits per heavy atom. The van der Waals surface area contributed by atoms with Crippen LogP contribution in [-0.2, 0) is 9.59 Å². The number of aliphatic hydroxyl groups is 1. The van der Waals surface area contributed by atoms with E-state index in [0.29, 0.717) is 41.4 Å². The van der Waals surface area contributed by atoms with Crippen LogP contribution in [0.5, 0.6) is 0 Å². The molecule has 0 aromatic heterocycles. The van der Waals surface area contributed by atoms with Gasteiger partial charge in [-0.3, -0.25) is 9.59 Å². The molecule has 5 nitrogen and oxygen atoms in total. The minimum absolute atomic E-state index is 0.144. The number of aliphatic carboxylic acids is 1. The zero-order chi connectivity index (χ0) is 23.8. The molecule has 0 aliphatic heterocycles. The summed E-state index contributed by atoms with van der Waals surface area (Å²) in [7, 11) is 0. The summed E-state index contributed by atoms with van der Waals surface area (Å²) in [6.45, 7) is 3.68. The minimum Gasteiger partial charge on any atom is -0.480 e. The number of hydrogen-bond acceptors (Lipinski definition) is 3. The third kappa shape index (κ3) is 4.58. The van der Waals surface area contributed by atoms with E-state index in [-0.39, 0.29) is 24.0 Å². The Hall–Kier alpha value is -1.17. The molecular weight excluding hydrogens is 421 g/mol. The Bertz CT molecular complexity index is 731. The van der Waals surface area contributed by atoms with Gasteiger partial charge in [0.1, 0.15) is 13.2 Å². The Balaban J connectivity index is 1.38. The molecule has 0 saturated heterocycles. The summed E-state index contributed by atoms with van der Waals surface area (Å²) in [5.41, 5.74) is 0.626. The highest BCUT2D eigenvalue weighted by atomic mass is 19.1. The highest BCUT2D eigenvalue weighted by molar-refractivity contribution is 5.81. The predicted molar refractivity (Wildman–Crippen MR) is 125 cm³/mol. The summed E-state index contributed by atoms with van der Waals surface area (Å²) in [6.07, 6.45) is 12.9. The lowest BCUT2D eigenvalue weighted by atomic mass is 9.44. The fraction of sp³-hybridized carbons (Fsp3) is 0.926. The largest absolute Gasteiger partial charge is 0.480 e. The number of carboxylic acid groups (broad SMARTS) is 1. The molecule has 0 heterocycles. The van der Waals surface area contributed by atoms with Crippen molar-refractivity contribution in [3.8, 4) is 0 Å². The molecule has 33 heavy (non-hydrogen) atoms. The summed E-state index contributed by atoms with van der Waals surface area (Å²) in [5.74, 6) is 1.53. The number of alkyl halides is 1. The van der Waals surface area contributed by atoms with E-state index < -0.39 is 19.2 Å². The molecule has 0 radical (unpaired) electrons. The van der Waals surface area contributed by atoms with Crippen LogP contribution in [0.4, 0.5) is 4.39 Å². The van der Waals surface area contributed by atoms with Crippen molar-refractivity contribution in [1.82, 2.24) is 4.90 Å². The summed E-state index contributed by atoms with van der Waals surface area (Å²) in [5, 5.41) is 20.3. The van der Waals surface area contributed by atoms with Crippen LogP contribution in [0.25, 0.3) is 0 Å². The maximum Gasteiger partial charge on any atom is 0.323 e. The van der Waals surface area contributed by atoms with E-state index in [1.165, 1.54) is 44.9 Å². The zero-order valence-corrected chi connectivity index (χ0v) is 20.6. The van der Waals surface area contributed by atoms with Gasteiger partial charge in [0.2, 0.25) is 5.91 Å². The predicted octanol–water partition coefficient (Wildman–Crippen LogP) is 5.06. The van der Waals surface area contributed by atoms with Crippen LogP contribution in [0.1, 0.15) is 90.9 Å². The van der Waals surface area contributed by atoms with Gasteiger partial charge in [-0.25, -0.2) is 4.39 Å². The lowest BCUT2D eigenvalue weighted by Crippen LogP contribution is -2.57. The summed E-state index contributed by atoms with van der Waals surface area (Å²) in [4.78, 5) is 24.6. The average Bonchev–Trinajstić information content (AvgIpc) is 3.10. The van der Waals surface area contributed by atoms with Gasteiger partial charge >= 0.3 is 5.97 Å². The second-order valence-electron chi connectivity index (χ2n) is 12.2. The van der Waals surface area contributed by atoms with Gasteiger partial charge < -0.3 is 15.1 Å². The fourth-order valence-electron chi connectivity index (χ4n) is 9.05. The number of hydrogen-bond donors (Lipinski definition) is 2. The minimum atomic E-state index is -1.10. The molecule has 0 aromatic carbocycles. The monoisotopic (exact) mass is 465 g/mol. The van der Waals surface area contributed by atoms with Gasteiger partial charge in [0.15, 0.2) is 0 Å². The third-order valence-corrected chi connectivity index (χ3v) is 10.8. The van der Waals surface area contributed by atoms with Gasteiger partial charge in [0.05, 0.1) is 6.10 Å². The Morgan fingerprint density at radius 3 is 2.52 bits per heavy atom. The van der Waals surface area contributed by atoms with Crippen LogP contribution < -0.4 is 0 Å². The molecule has 2 N–H and O–H groups in total. The molecule has 4 fully saturated rings. The first-order valence-electron chi connectivity index (χ1n) is 13.4. The number of carbonyl (C=O) groups is 2. The lowest BCUT2D eigenvalue weighted by Gasteiger charge is -2.62. The molecule has 4 aliphatic carbocycles. The van der Waals surface area contributed by atoms with Crippen LogP contribution in [0, 0.1) is 40.4 Å².